The van der Waals surface area contributed by atoms with Crippen LogP contribution in [-0.4, -0.2) is 25.5 Å². The number of hydrogen-bond donors (Lipinski definition) is 1. The Bertz CT molecular complexity index is 1200. The van der Waals surface area contributed by atoms with Crippen molar-refractivity contribution >= 4 is 28.8 Å². The molecule has 162 valence electrons. The maximum Gasteiger partial charge on any atom is 0.282 e. The van der Waals surface area contributed by atoms with Crippen molar-refractivity contribution in [3.8, 4) is 11.5 Å². The van der Waals surface area contributed by atoms with Crippen LogP contribution in [0.3, 0.4) is 0 Å². The third-order valence-electron chi connectivity index (χ3n) is 5.27. The zero-order valence-electron chi connectivity index (χ0n) is 18.2. The van der Waals surface area contributed by atoms with Gasteiger partial charge in [0.05, 0.1) is 30.7 Å². The van der Waals surface area contributed by atoms with Gasteiger partial charge in [-0.1, -0.05) is 42.5 Å². The number of amides is 2. The van der Waals surface area contributed by atoms with Crippen molar-refractivity contribution in [3.63, 3.8) is 0 Å². The maximum atomic E-state index is 13.6. The zero-order chi connectivity index (χ0) is 22.7. The van der Waals surface area contributed by atoms with Gasteiger partial charge >= 0.3 is 0 Å². The van der Waals surface area contributed by atoms with Crippen LogP contribution in [0.2, 0.25) is 0 Å². The summed E-state index contributed by atoms with van der Waals surface area (Å²) in [7, 11) is 1.58. The van der Waals surface area contributed by atoms with Crippen LogP contribution in [0.4, 0.5) is 11.4 Å². The lowest BCUT2D eigenvalue weighted by Gasteiger charge is -2.18. The van der Waals surface area contributed by atoms with Crippen molar-refractivity contribution in [2.45, 2.75) is 13.8 Å². The molecule has 0 aliphatic carbocycles. The first kappa shape index (κ1) is 21.2. The van der Waals surface area contributed by atoms with Crippen molar-refractivity contribution in [1.29, 1.82) is 0 Å². The van der Waals surface area contributed by atoms with Gasteiger partial charge in [0.2, 0.25) is 0 Å². The first-order chi connectivity index (χ1) is 15.5. The largest absolute Gasteiger partial charge is 0.497 e. The fourth-order valence-corrected chi connectivity index (χ4v) is 3.69. The number of rotatable bonds is 7. The van der Waals surface area contributed by atoms with Gasteiger partial charge < -0.3 is 14.8 Å². The van der Waals surface area contributed by atoms with Crippen LogP contribution in [-0.2, 0) is 9.59 Å². The molecule has 3 aromatic carbocycles. The number of carbonyl (C=O) groups excluding carboxylic acids is 2. The average molecular weight is 428 g/mol. The normalized spacial score (nSPS) is 13.5. The minimum Gasteiger partial charge on any atom is -0.497 e. The molecule has 1 aliphatic rings. The van der Waals surface area contributed by atoms with Crippen LogP contribution < -0.4 is 19.7 Å². The van der Waals surface area contributed by atoms with Crippen LogP contribution >= 0.6 is 0 Å². The highest BCUT2D eigenvalue weighted by molar-refractivity contribution is 6.46. The molecule has 0 aromatic heterocycles. The molecule has 3 aromatic rings. The molecule has 1 aliphatic heterocycles. The fourth-order valence-electron chi connectivity index (χ4n) is 3.69. The van der Waals surface area contributed by atoms with Gasteiger partial charge in [-0.3, -0.25) is 9.59 Å². The lowest BCUT2D eigenvalue weighted by molar-refractivity contribution is -0.120. The standard InChI is InChI=1S/C26H24N2O4/c1-4-32-22-12-8-6-10-20(22)27-24-23(18-13-15-19(31-3)16-14-18)25(29)28(26(24)30)21-11-7-5-9-17(21)2/h5-16,27H,4H2,1-3H3. The van der Waals surface area contributed by atoms with Gasteiger partial charge in [0.15, 0.2) is 0 Å². The number of benzene rings is 3. The number of para-hydroxylation sites is 3. The van der Waals surface area contributed by atoms with E-state index in [0.29, 0.717) is 40.6 Å². The van der Waals surface area contributed by atoms with Gasteiger partial charge in [-0.25, -0.2) is 4.90 Å². The molecule has 4 rings (SSSR count). The maximum absolute atomic E-state index is 13.6. The van der Waals surface area contributed by atoms with Gasteiger partial charge in [-0.15, -0.1) is 0 Å². The average Bonchev–Trinajstić information content (AvgIpc) is 3.05. The van der Waals surface area contributed by atoms with E-state index in [2.05, 4.69) is 5.32 Å². The van der Waals surface area contributed by atoms with Gasteiger partial charge in [0.1, 0.15) is 17.2 Å². The van der Waals surface area contributed by atoms with Crippen LogP contribution in [0.15, 0.2) is 78.5 Å². The Morgan fingerprint density at radius 1 is 0.875 bits per heavy atom. The highest BCUT2D eigenvalue weighted by Crippen LogP contribution is 2.37. The highest BCUT2D eigenvalue weighted by Gasteiger charge is 2.41. The van der Waals surface area contributed by atoms with E-state index in [9.17, 15) is 9.59 Å². The second-order valence-corrected chi connectivity index (χ2v) is 7.26. The molecule has 0 saturated heterocycles. The smallest absolute Gasteiger partial charge is 0.282 e. The molecular formula is C26H24N2O4. The minimum absolute atomic E-state index is 0.204. The molecule has 0 radical (unpaired) electrons. The lowest BCUT2D eigenvalue weighted by atomic mass is 10.0. The zero-order valence-corrected chi connectivity index (χ0v) is 18.2. The Balaban J connectivity index is 1.84. The Morgan fingerprint density at radius 2 is 1.56 bits per heavy atom. The summed E-state index contributed by atoms with van der Waals surface area (Å²) in [5.41, 5.74) is 3.13. The number of hydrogen-bond acceptors (Lipinski definition) is 5. The fraction of sp³-hybridized carbons (Fsp3) is 0.154. The molecule has 0 saturated carbocycles. The Kier molecular flexibility index (Phi) is 5.94. The first-order valence-electron chi connectivity index (χ1n) is 10.4. The summed E-state index contributed by atoms with van der Waals surface area (Å²) in [5.74, 6) is 0.469. The van der Waals surface area contributed by atoms with E-state index in [1.807, 2.05) is 56.3 Å². The molecule has 0 spiro atoms. The summed E-state index contributed by atoms with van der Waals surface area (Å²) in [6, 6.07) is 21.8. The number of nitrogens with zero attached hydrogens (tertiary/aromatic N) is 1. The van der Waals surface area contributed by atoms with E-state index in [1.165, 1.54) is 4.90 Å². The summed E-state index contributed by atoms with van der Waals surface area (Å²) in [5, 5.41) is 3.18. The van der Waals surface area contributed by atoms with Crippen molar-refractivity contribution in [1.82, 2.24) is 0 Å². The summed E-state index contributed by atoms with van der Waals surface area (Å²) in [4.78, 5) is 28.4. The third kappa shape index (κ3) is 3.83. The van der Waals surface area contributed by atoms with E-state index >= 15 is 0 Å². The van der Waals surface area contributed by atoms with Crippen LogP contribution in [0.1, 0.15) is 18.1 Å². The van der Waals surface area contributed by atoms with Gasteiger partial charge in [0, 0.05) is 0 Å². The number of ether oxygens (including phenoxy) is 2. The van der Waals surface area contributed by atoms with Gasteiger partial charge in [-0.05, 0) is 55.3 Å². The third-order valence-corrected chi connectivity index (χ3v) is 5.27. The SMILES string of the molecule is CCOc1ccccc1NC1=C(c2ccc(OC)cc2)C(=O)N(c2ccccc2C)C1=O. The molecule has 0 bridgehead atoms. The Labute approximate surface area is 187 Å². The number of aryl methyl sites for hydroxylation is 1. The molecule has 1 N–H and O–H groups in total. The second kappa shape index (κ2) is 8.98. The van der Waals surface area contributed by atoms with E-state index in [0.717, 1.165) is 5.56 Å². The number of imide groups is 1. The molecular weight excluding hydrogens is 404 g/mol. The number of anilines is 2. The van der Waals surface area contributed by atoms with Crippen LogP contribution in [0.5, 0.6) is 11.5 Å². The predicted molar refractivity (Wildman–Crippen MR) is 125 cm³/mol. The highest BCUT2D eigenvalue weighted by atomic mass is 16.5. The molecule has 1 heterocycles. The summed E-state index contributed by atoms with van der Waals surface area (Å²) in [6.07, 6.45) is 0. The molecule has 6 nitrogen and oxygen atoms in total. The second-order valence-electron chi connectivity index (χ2n) is 7.26. The van der Waals surface area contributed by atoms with Gasteiger partial charge in [-0.2, -0.15) is 0 Å². The summed E-state index contributed by atoms with van der Waals surface area (Å²) >= 11 is 0. The Morgan fingerprint density at radius 3 is 2.25 bits per heavy atom. The van der Waals surface area contributed by atoms with E-state index < -0.39 is 5.91 Å². The van der Waals surface area contributed by atoms with Gasteiger partial charge in [0.25, 0.3) is 11.8 Å². The van der Waals surface area contributed by atoms with Crippen LogP contribution in [0, 0.1) is 6.92 Å². The Hall–Kier alpha value is -4.06. The topological polar surface area (TPSA) is 67.9 Å². The predicted octanol–water partition coefficient (Wildman–Crippen LogP) is 4.80. The lowest BCUT2D eigenvalue weighted by Crippen LogP contribution is -2.33. The molecule has 32 heavy (non-hydrogen) atoms. The number of carbonyl (C=O) groups is 2. The summed E-state index contributed by atoms with van der Waals surface area (Å²) < 4.78 is 10.9. The monoisotopic (exact) mass is 428 g/mol. The molecule has 0 fully saturated rings. The van der Waals surface area contributed by atoms with Crippen molar-refractivity contribution < 1.29 is 19.1 Å². The minimum atomic E-state index is -0.415. The molecule has 0 atom stereocenters. The first-order valence-corrected chi connectivity index (χ1v) is 10.4. The number of nitrogens with one attached hydrogen (secondary N) is 1. The van der Waals surface area contributed by atoms with Crippen molar-refractivity contribution in [2.75, 3.05) is 23.9 Å². The quantitative estimate of drug-likeness (QED) is 0.548. The van der Waals surface area contributed by atoms with E-state index in [1.54, 1.807) is 37.4 Å². The van der Waals surface area contributed by atoms with Crippen molar-refractivity contribution in [2.24, 2.45) is 0 Å². The van der Waals surface area contributed by atoms with Crippen LogP contribution in [0.25, 0.3) is 5.57 Å². The van der Waals surface area contributed by atoms with E-state index in [4.69, 9.17) is 9.47 Å². The molecule has 2 amide bonds. The van der Waals surface area contributed by atoms with Crippen molar-refractivity contribution in [3.05, 3.63) is 89.6 Å². The summed E-state index contributed by atoms with van der Waals surface area (Å²) in [6.45, 7) is 4.24. The number of methoxy groups -OCH3 is 1. The molecule has 0 unspecified atom stereocenters. The van der Waals surface area contributed by atoms with E-state index in [-0.39, 0.29) is 11.6 Å². The molecule has 6 heteroatoms.